The number of rotatable bonds is 7. The molecule has 0 bridgehead atoms. The smallest absolute Gasteiger partial charge is 0.339 e. The molecular weight excluding hydrogens is 254 g/mol. The highest BCUT2D eigenvalue weighted by atomic mass is 16.4. The van der Waals surface area contributed by atoms with Crippen LogP contribution in [0.2, 0.25) is 0 Å². The molecule has 1 aromatic rings. The van der Waals surface area contributed by atoms with Gasteiger partial charge in [0.2, 0.25) is 0 Å². The highest BCUT2D eigenvalue weighted by molar-refractivity contribution is 5.95. The van der Waals surface area contributed by atoms with Gasteiger partial charge in [0.15, 0.2) is 5.82 Å². The summed E-state index contributed by atoms with van der Waals surface area (Å²) < 4.78 is 0. The van der Waals surface area contributed by atoms with Crippen molar-refractivity contribution < 1.29 is 9.90 Å². The highest BCUT2D eigenvalue weighted by Gasteiger charge is 2.21. The van der Waals surface area contributed by atoms with Crippen molar-refractivity contribution in [2.45, 2.75) is 59.9 Å². The summed E-state index contributed by atoms with van der Waals surface area (Å²) in [6.45, 7) is 10.2. The molecule has 0 aliphatic rings. The van der Waals surface area contributed by atoms with Crippen LogP contribution in [0, 0.1) is 5.92 Å². The molecule has 0 aliphatic carbocycles. The summed E-state index contributed by atoms with van der Waals surface area (Å²) in [4.78, 5) is 11.6. The molecule has 1 atom stereocenters. The summed E-state index contributed by atoms with van der Waals surface area (Å²) >= 11 is 0. The van der Waals surface area contributed by atoms with Crippen LogP contribution in [-0.2, 0) is 12.8 Å². The lowest BCUT2D eigenvalue weighted by atomic mass is 10.0. The van der Waals surface area contributed by atoms with Gasteiger partial charge in [0.25, 0.3) is 0 Å². The zero-order chi connectivity index (χ0) is 15.3. The molecule has 2 N–H and O–H groups in total. The fourth-order valence-corrected chi connectivity index (χ4v) is 2.50. The normalized spacial score (nSPS) is 12.5. The number of aromatic nitrogens is 2. The summed E-state index contributed by atoms with van der Waals surface area (Å²) in [5, 5.41) is 20.9. The minimum Gasteiger partial charge on any atom is -0.478 e. The zero-order valence-electron chi connectivity index (χ0n) is 13.0. The minimum atomic E-state index is -0.939. The largest absolute Gasteiger partial charge is 0.478 e. The minimum absolute atomic E-state index is 0.166. The van der Waals surface area contributed by atoms with Gasteiger partial charge in [0.1, 0.15) is 5.56 Å². The van der Waals surface area contributed by atoms with Crippen LogP contribution in [0.15, 0.2) is 0 Å². The van der Waals surface area contributed by atoms with Crippen LogP contribution in [0.3, 0.4) is 0 Å². The van der Waals surface area contributed by atoms with Crippen LogP contribution in [-0.4, -0.2) is 27.3 Å². The third kappa shape index (κ3) is 3.92. The number of nitrogens with zero attached hydrogens (tertiary/aromatic N) is 2. The van der Waals surface area contributed by atoms with E-state index in [4.69, 9.17) is 0 Å². The molecule has 0 fully saturated rings. The number of anilines is 1. The van der Waals surface area contributed by atoms with E-state index in [1.807, 2.05) is 20.8 Å². The first-order valence-corrected chi connectivity index (χ1v) is 7.28. The second kappa shape index (κ2) is 7.22. The van der Waals surface area contributed by atoms with Gasteiger partial charge in [0, 0.05) is 6.04 Å². The maximum atomic E-state index is 11.6. The number of carboxylic acid groups (broad SMARTS) is 1. The van der Waals surface area contributed by atoms with Crippen molar-refractivity contribution in [3.05, 3.63) is 16.8 Å². The Bertz CT molecular complexity index is 472. The third-order valence-electron chi connectivity index (χ3n) is 3.27. The Balaban J connectivity index is 3.16. The van der Waals surface area contributed by atoms with Crippen molar-refractivity contribution >= 4 is 11.8 Å². The van der Waals surface area contributed by atoms with E-state index < -0.39 is 5.97 Å². The van der Waals surface area contributed by atoms with Crippen molar-refractivity contribution in [1.82, 2.24) is 10.2 Å². The summed E-state index contributed by atoms with van der Waals surface area (Å²) in [7, 11) is 0. The maximum absolute atomic E-state index is 11.6. The highest BCUT2D eigenvalue weighted by Crippen LogP contribution is 2.22. The molecule has 0 aliphatic heterocycles. The average Bonchev–Trinajstić information content (AvgIpc) is 2.36. The fourth-order valence-electron chi connectivity index (χ4n) is 2.50. The maximum Gasteiger partial charge on any atom is 0.339 e. The van der Waals surface area contributed by atoms with E-state index in [9.17, 15) is 9.90 Å². The molecule has 1 aromatic heterocycles. The fraction of sp³-hybridized carbons (Fsp3) is 0.667. The topological polar surface area (TPSA) is 75.1 Å². The Morgan fingerprint density at radius 3 is 2.30 bits per heavy atom. The van der Waals surface area contributed by atoms with Crippen molar-refractivity contribution in [2.75, 3.05) is 5.32 Å². The second-order valence-corrected chi connectivity index (χ2v) is 5.54. The first-order chi connectivity index (χ1) is 9.40. The predicted molar refractivity (Wildman–Crippen MR) is 80.3 cm³/mol. The van der Waals surface area contributed by atoms with Crippen LogP contribution >= 0.6 is 0 Å². The van der Waals surface area contributed by atoms with Crippen LogP contribution in [0.25, 0.3) is 0 Å². The molecule has 20 heavy (non-hydrogen) atoms. The molecule has 0 saturated heterocycles. The van der Waals surface area contributed by atoms with E-state index in [0.29, 0.717) is 24.6 Å². The third-order valence-corrected chi connectivity index (χ3v) is 3.27. The molecule has 5 heteroatoms. The van der Waals surface area contributed by atoms with Crippen molar-refractivity contribution in [2.24, 2.45) is 5.92 Å². The number of nitrogens with one attached hydrogen (secondary N) is 1. The number of carbonyl (C=O) groups is 1. The molecule has 0 aromatic carbocycles. The van der Waals surface area contributed by atoms with E-state index >= 15 is 0 Å². The molecule has 0 radical (unpaired) electrons. The Morgan fingerprint density at radius 1 is 1.20 bits per heavy atom. The van der Waals surface area contributed by atoms with E-state index in [2.05, 4.69) is 29.4 Å². The lowest BCUT2D eigenvalue weighted by molar-refractivity contribution is 0.0696. The van der Waals surface area contributed by atoms with Gasteiger partial charge >= 0.3 is 5.97 Å². The molecule has 1 heterocycles. The number of aryl methyl sites for hydroxylation is 1. The quantitative estimate of drug-likeness (QED) is 0.802. The predicted octanol–water partition coefficient (Wildman–Crippen LogP) is 3.15. The summed E-state index contributed by atoms with van der Waals surface area (Å²) in [5.41, 5.74) is 1.83. The standard InChI is InChI=1S/C15H25N3O2/c1-6-11-12(7-2)17-18-14(13(11)15(19)20)16-10(5)8-9(3)4/h9-10H,6-8H2,1-5H3,(H,16,18)(H,19,20). The number of hydrogen-bond acceptors (Lipinski definition) is 4. The number of aromatic carboxylic acids is 1. The van der Waals surface area contributed by atoms with Crippen molar-refractivity contribution in [1.29, 1.82) is 0 Å². The molecule has 5 nitrogen and oxygen atoms in total. The van der Waals surface area contributed by atoms with Crippen LogP contribution in [0.4, 0.5) is 5.82 Å². The summed E-state index contributed by atoms with van der Waals surface area (Å²) in [5.74, 6) is -0.00954. The van der Waals surface area contributed by atoms with E-state index in [-0.39, 0.29) is 11.6 Å². The van der Waals surface area contributed by atoms with E-state index in [1.54, 1.807) is 0 Å². The first-order valence-electron chi connectivity index (χ1n) is 7.28. The molecule has 1 unspecified atom stereocenters. The van der Waals surface area contributed by atoms with Crippen molar-refractivity contribution in [3.63, 3.8) is 0 Å². The average molecular weight is 279 g/mol. The Kier molecular flexibility index (Phi) is 5.92. The van der Waals surface area contributed by atoms with Gasteiger partial charge in [0.05, 0.1) is 5.69 Å². The second-order valence-electron chi connectivity index (χ2n) is 5.54. The molecule has 112 valence electrons. The van der Waals surface area contributed by atoms with Crippen LogP contribution in [0.1, 0.15) is 62.7 Å². The first kappa shape index (κ1) is 16.4. The lowest BCUT2D eigenvalue weighted by Gasteiger charge is -2.19. The van der Waals surface area contributed by atoms with Gasteiger partial charge in [-0.25, -0.2) is 4.79 Å². The van der Waals surface area contributed by atoms with Gasteiger partial charge in [-0.1, -0.05) is 27.7 Å². The van der Waals surface area contributed by atoms with Crippen LogP contribution in [0.5, 0.6) is 0 Å². The van der Waals surface area contributed by atoms with Crippen LogP contribution < -0.4 is 5.32 Å². The van der Waals surface area contributed by atoms with Gasteiger partial charge in [-0.2, -0.15) is 5.10 Å². The molecule has 1 rings (SSSR count). The molecule has 0 spiro atoms. The SMILES string of the molecule is CCc1nnc(NC(C)CC(C)C)c(C(=O)O)c1CC. The van der Waals surface area contributed by atoms with Crippen molar-refractivity contribution in [3.8, 4) is 0 Å². The molecular formula is C15H25N3O2. The van der Waals surface area contributed by atoms with E-state index in [0.717, 1.165) is 17.7 Å². The Labute approximate surface area is 120 Å². The summed E-state index contributed by atoms with van der Waals surface area (Å²) in [6, 6.07) is 0.166. The van der Waals surface area contributed by atoms with Gasteiger partial charge in [-0.05, 0) is 37.7 Å². The Hall–Kier alpha value is -1.65. The lowest BCUT2D eigenvalue weighted by Crippen LogP contribution is -2.22. The van der Waals surface area contributed by atoms with Gasteiger partial charge < -0.3 is 10.4 Å². The van der Waals surface area contributed by atoms with Gasteiger partial charge in [-0.3, -0.25) is 0 Å². The zero-order valence-corrected chi connectivity index (χ0v) is 13.0. The molecule has 0 amide bonds. The van der Waals surface area contributed by atoms with Gasteiger partial charge in [-0.15, -0.1) is 5.10 Å². The summed E-state index contributed by atoms with van der Waals surface area (Å²) in [6.07, 6.45) is 2.30. The number of hydrogen-bond donors (Lipinski definition) is 2. The Morgan fingerprint density at radius 2 is 1.85 bits per heavy atom. The number of carboxylic acids is 1. The molecule has 0 saturated carbocycles. The van der Waals surface area contributed by atoms with E-state index in [1.165, 1.54) is 0 Å². The monoisotopic (exact) mass is 279 g/mol.